The molecule has 0 aromatic heterocycles. The zero-order valence-electron chi connectivity index (χ0n) is 16.5. The van der Waals surface area contributed by atoms with Gasteiger partial charge in [-0.1, -0.05) is 0 Å². The minimum atomic E-state index is -0.449. The predicted octanol–water partition coefficient (Wildman–Crippen LogP) is -1.32. The van der Waals surface area contributed by atoms with Gasteiger partial charge in [0.05, 0.1) is 32.2 Å². The van der Waals surface area contributed by atoms with Gasteiger partial charge in [-0.15, -0.1) is 0 Å². The summed E-state index contributed by atoms with van der Waals surface area (Å²) in [5, 5.41) is 6.27. The van der Waals surface area contributed by atoms with Crippen molar-refractivity contribution < 1.29 is 23.9 Å². The van der Waals surface area contributed by atoms with Crippen molar-refractivity contribution in [1.29, 1.82) is 0 Å². The fraction of sp³-hybridized carbons (Fsp3) is 0.833. The fourth-order valence-electron chi connectivity index (χ4n) is 4.35. The largest absolute Gasteiger partial charge is 0.469 e. The Morgan fingerprint density at radius 1 is 1.00 bits per heavy atom. The topological polar surface area (TPSA) is 121 Å². The second-order valence-electron chi connectivity index (χ2n) is 7.68. The van der Waals surface area contributed by atoms with Crippen molar-refractivity contribution in [2.45, 2.75) is 50.4 Å². The van der Waals surface area contributed by atoms with E-state index in [1.165, 1.54) is 14.2 Å². The molecule has 0 radical (unpaired) electrons. The highest BCUT2D eigenvalue weighted by molar-refractivity contribution is 5.83. The first-order valence-corrected chi connectivity index (χ1v) is 9.95. The summed E-state index contributed by atoms with van der Waals surface area (Å²) in [6, 6.07) is -0.830. The van der Waals surface area contributed by atoms with Gasteiger partial charge in [-0.2, -0.15) is 0 Å². The molecule has 0 bridgehead atoms. The third kappa shape index (κ3) is 4.80. The van der Waals surface area contributed by atoms with E-state index in [1.807, 2.05) is 0 Å². The summed E-state index contributed by atoms with van der Waals surface area (Å²) >= 11 is 0. The van der Waals surface area contributed by atoms with Gasteiger partial charge in [0, 0.05) is 25.8 Å². The van der Waals surface area contributed by atoms with Gasteiger partial charge in [-0.25, -0.2) is 10.9 Å². The van der Waals surface area contributed by atoms with E-state index in [4.69, 9.17) is 9.47 Å². The zero-order valence-corrected chi connectivity index (χ0v) is 16.5. The molecule has 2 heterocycles. The number of carbonyl (C=O) groups excluding carboxylic acids is 3. The molecule has 1 aliphatic carbocycles. The average molecular weight is 397 g/mol. The van der Waals surface area contributed by atoms with Crippen LogP contribution in [0.4, 0.5) is 0 Å². The Labute approximate surface area is 165 Å². The number of nitrogens with zero attached hydrogens (tertiary/aromatic N) is 1. The smallest absolute Gasteiger partial charge is 0.310 e. The average Bonchev–Trinajstić information content (AvgIpc) is 3.27. The molecule has 5 unspecified atom stereocenters. The number of carbonyl (C=O) groups is 3. The number of methoxy groups -OCH3 is 2. The summed E-state index contributed by atoms with van der Waals surface area (Å²) in [6.45, 7) is 2.79. The molecular formula is C18H31N5O5. The van der Waals surface area contributed by atoms with E-state index < -0.39 is 12.0 Å². The molecule has 3 aliphatic rings. The van der Waals surface area contributed by atoms with Crippen LogP contribution in [0.15, 0.2) is 0 Å². The van der Waals surface area contributed by atoms with Gasteiger partial charge in [0.2, 0.25) is 5.91 Å². The van der Waals surface area contributed by atoms with Crippen LogP contribution < -0.4 is 21.5 Å². The quantitative estimate of drug-likeness (QED) is 0.419. The maximum atomic E-state index is 12.8. The summed E-state index contributed by atoms with van der Waals surface area (Å²) in [4.78, 5) is 39.1. The lowest BCUT2D eigenvalue weighted by Gasteiger charge is -2.37. The summed E-state index contributed by atoms with van der Waals surface area (Å²) in [7, 11) is 2.69. The van der Waals surface area contributed by atoms with Crippen LogP contribution in [0, 0.1) is 11.8 Å². The zero-order chi connectivity index (χ0) is 20.1. The summed E-state index contributed by atoms with van der Waals surface area (Å²) in [6.07, 6.45) is 3.14. The first-order valence-electron chi connectivity index (χ1n) is 9.95. The van der Waals surface area contributed by atoms with E-state index >= 15 is 0 Å². The number of hydrazine groups is 1. The van der Waals surface area contributed by atoms with Gasteiger partial charge < -0.3 is 20.1 Å². The summed E-state index contributed by atoms with van der Waals surface area (Å²) in [5.74, 6) is -1.60. The number of ether oxygens (including phenoxy) is 2. The molecule has 10 heteroatoms. The van der Waals surface area contributed by atoms with Gasteiger partial charge in [0.1, 0.15) is 6.04 Å². The van der Waals surface area contributed by atoms with E-state index in [0.29, 0.717) is 25.7 Å². The lowest BCUT2D eigenvalue weighted by Crippen LogP contribution is -2.63. The molecule has 5 atom stereocenters. The normalized spacial score (nSPS) is 33.9. The maximum absolute atomic E-state index is 12.8. The summed E-state index contributed by atoms with van der Waals surface area (Å²) < 4.78 is 9.74. The highest BCUT2D eigenvalue weighted by atomic mass is 16.5. The van der Waals surface area contributed by atoms with Crippen molar-refractivity contribution in [2.24, 2.45) is 11.8 Å². The van der Waals surface area contributed by atoms with Crippen LogP contribution in [-0.4, -0.2) is 75.0 Å². The molecule has 28 heavy (non-hydrogen) atoms. The molecule has 0 aromatic rings. The Kier molecular flexibility index (Phi) is 7.22. The van der Waals surface area contributed by atoms with Crippen molar-refractivity contribution in [3.8, 4) is 0 Å². The van der Waals surface area contributed by atoms with Gasteiger partial charge in [-0.3, -0.25) is 19.3 Å². The predicted molar refractivity (Wildman–Crippen MR) is 99.5 cm³/mol. The van der Waals surface area contributed by atoms with Crippen molar-refractivity contribution in [3.05, 3.63) is 0 Å². The van der Waals surface area contributed by atoms with E-state index in [1.54, 1.807) is 0 Å². The van der Waals surface area contributed by atoms with Crippen LogP contribution in [0.25, 0.3) is 0 Å². The molecule has 1 amide bonds. The molecule has 4 N–H and O–H groups in total. The van der Waals surface area contributed by atoms with Crippen LogP contribution in [0.2, 0.25) is 0 Å². The van der Waals surface area contributed by atoms with Crippen LogP contribution >= 0.6 is 0 Å². The third-order valence-corrected chi connectivity index (χ3v) is 6.02. The fourth-order valence-corrected chi connectivity index (χ4v) is 4.35. The molecule has 2 aliphatic heterocycles. The van der Waals surface area contributed by atoms with Crippen molar-refractivity contribution >= 4 is 17.8 Å². The van der Waals surface area contributed by atoms with E-state index in [2.05, 4.69) is 26.4 Å². The molecule has 2 saturated heterocycles. The van der Waals surface area contributed by atoms with E-state index in [0.717, 1.165) is 26.2 Å². The van der Waals surface area contributed by atoms with Gasteiger partial charge >= 0.3 is 11.9 Å². The van der Waals surface area contributed by atoms with E-state index in [-0.39, 0.29) is 36.0 Å². The highest BCUT2D eigenvalue weighted by Gasteiger charge is 2.40. The second kappa shape index (κ2) is 9.64. The number of hydrogen-bond donors (Lipinski definition) is 4. The first kappa shape index (κ1) is 21.0. The molecule has 3 rings (SSSR count). The van der Waals surface area contributed by atoms with E-state index in [9.17, 15) is 14.4 Å². The van der Waals surface area contributed by atoms with Crippen molar-refractivity contribution in [1.82, 2.24) is 26.4 Å². The monoisotopic (exact) mass is 397 g/mol. The van der Waals surface area contributed by atoms with Crippen LogP contribution in [0.1, 0.15) is 32.1 Å². The van der Waals surface area contributed by atoms with Crippen molar-refractivity contribution in [3.63, 3.8) is 0 Å². The van der Waals surface area contributed by atoms with Crippen LogP contribution in [-0.2, 0) is 23.9 Å². The number of esters is 2. The molecular weight excluding hydrogens is 366 g/mol. The Bertz CT molecular complexity index is 575. The minimum absolute atomic E-state index is 0.171. The molecule has 0 aromatic carbocycles. The Hall–Kier alpha value is -1.75. The van der Waals surface area contributed by atoms with Crippen LogP contribution in [0.3, 0.4) is 0 Å². The molecule has 1 saturated carbocycles. The Morgan fingerprint density at radius 3 is 2.39 bits per heavy atom. The Morgan fingerprint density at radius 2 is 1.79 bits per heavy atom. The number of nitrogens with one attached hydrogen (secondary N) is 4. The number of rotatable bonds is 5. The number of amides is 1. The van der Waals surface area contributed by atoms with Crippen LogP contribution in [0.5, 0.6) is 0 Å². The lowest BCUT2D eigenvalue weighted by atomic mass is 9.78. The maximum Gasteiger partial charge on any atom is 0.310 e. The molecule has 10 nitrogen and oxygen atoms in total. The van der Waals surface area contributed by atoms with Gasteiger partial charge in [0.15, 0.2) is 0 Å². The lowest BCUT2D eigenvalue weighted by molar-refractivity contribution is -0.153. The third-order valence-electron chi connectivity index (χ3n) is 6.02. The molecule has 3 fully saturated rings. The first-order chi connectivity index (χ1) is 13.5. The number of hydrogen-bond acceptors (Lipinski definition) is 9. The van der Waals surface area contributed by atoms with Gasteiger partial charge in [0.25, 0.3) is 0 Å². The van der Waals surface area contributed by atoms with Gasteiger partial charge in [-0.05, 0) is 32.1 Å². The Balaban J connectivity index is 1.56. The molecule has 0 spiro atoms. The highest BCUT2D eigenvalue weighted by Crippen LogP contribution is 2.31. The minimum Gasteiger partial charge on any atom is -0.469 e. The van der Waals surface area contributed by atoms with Crippen molar-refractivity contribution in [2.75, 3.05) is 34.0 Å². The SMILES string of the molecule is COC(=O)C1CCC(C(=O)OC)C(NC(=O)C2CCC(N3CCNC3)NN2)C1. The molecule has 158 valence electrons. The second-order valence-corrected chi connectivity index (χ2v) is 7.68. The standard InChI is InChI=1S/C18H31N5O5/c1-27-17(25)11-3-4-12(18(26)28-2)14(9-11)20-16(24)13-5-6-15(22-21-13)23-8-7-19-10-23/h11-15,19,21-22H,3-10H2,1-2H3,(H,20,24). The summed E-state index contributed by atoms with van der Waals surface area (Å²) in [5.41, 5.74) is 6.32.